The SMILES string of the molecule is O=C(Cc1ccc([N+](=O)[O-])cc1Cl)c1ccccn1. The van der Waals surface area contributed by atoms with Gasteiger partial charge in [0.1, 0.15) is 5.69 Å². The van der Waals surface area contributed by atoms with Crippen LogP contribution in [0.2, 0.25) is 5.02 Å². The molecule has 0 amide bonds. The summed E-state index contributed by atoms with van der Waals surface area (Å²) in [6, 6.07) is 9.10. The van der Waals surface area contributed by atoms with Crippen LogP contribution < -0.4 is 0 Å². The normalized spacial score (nSPS) is 10.2. The maximum atomic E-state index is 11.9. The van der Waals surface area contributed by atoms with Gasteiger partial charge in [0, 0.05) is 24.8 Å². The molecular weight excluding hydrogens is 268 g/mol. The molecule has 0 saturated heterocycles. The average molecular weight is 277 g/mol. The summed E-state index contributed by atoms with van der Waals surface area (Å²) in [5, 5.41) is 10.8. The van der Waals surface area contributed by atoms with Crippen LogP contribution in [0.5, 0.6) is 0 Å². The number of rotatable bonds is 4. The van der Waals surface area contributed by atoms with Crippen LogP contribution >= 0.6 is 11.6 Å². The number of Topliss-reactive ketones (excluding diaryl/α,β-unsaturated/α-hetero) is 1. The number of nitro benzene ring substituents is 1. The van der Waals surface area contributed by atoms with Gasteiger partial charge in [-0.05, 0) is 17.7 Å². The van der Waals surface area contributed by atoms with E-state index in [1.165, 1.54) is 24.4 Å². The van der Waals surface area contributed by atoms with Crippen molar-refractivity contribution in [1.82, 2.24) is 4.98 Å². The smallest absolute Gasteiger partial charge is 0.270 e. The van der Waals surface area contributed by atoms with Crippen molar-refractivity contribution in [2.45, 2.75) is 6.42 Å². The molecular formula is C13H9ClN2O3. The number of non-ortho nitro benzene ring substituents is 1. The average Bonchev–Trinajstić information content (AvgIpc) is 2.41. The van der Waals surface area contributed by atoms with Gasteiger partial charge in [0.15, 0.2) is 5.78 Å². The van der Waals surface area contributed by atoms with Gasteiger partial charge < -0.3 is 0 Å². The molecule has 0 N–H and O–H groups in total. The maximum absolute atomic E-state index is 11.9. The zero-order chi connectivity index (χ0) is 13.8. The largest absolute Gasteiger partial charge is 0.292 e. The molecule has 0 radical (unpaired) electrons. The molecule has 6 heteroatoms. The lowest BCUT2D eigenvalue weighted by Gasteiger charge is -2.03. The second kappa shape index (κ2) is 5.58. The van der Waals surface area contributed by atoms with Crippen molar-refractivity contribution >= 4 is 23.1 Å². The molecule has 0 bridgehead atoms. The summed E-state index contributed by atoms with van der Waals surface area (Å²) < 4.78 is 0. The fourth-order valence-electron chi connectivity index (χ4n) is 1.58. The Morgan fingerprint density at radius 3 is 2.68 bits per heavy atom. The molecule has 1 heterocycles. The summed E-state index contributed by atoms with van der Waals surface area (Å²) >= 11 is 5.93. The van der Waals surface area contributed by atoms with Crippen molar-refractivity contribution in [3.05, 3.63) is 69.0 Å². The molecule has 2 aromatic rings. The van der Waals surface area contributed by atoms with Crippen LogP contribution in [0.3, 0.4) is 0 Å². The summed E-state index contributed by atoms with van der Waals surface area (Å²) in [7, 11) is 0. The van der Waals surface area contributed by atoms with Crippen LogP contribution in [-0.4, -0.2) is 15.7 Å². The van der Waals surface area contributed by atoms with Gasteiger partial charge in [0.25, 0.3) is 5.69 Å². The fraction of sp³-hybridized carbons (Fsp3) is 0.0769. The number of nitrogens with zero attached hydrogens (tertiary/aromatic N) is 2. The first-order chi connectivity index (χ1) is 9.08. The van der Waals surface area contributed by atoms with E-state index in [-0.39, 0.29) is 22.9 Å². The molecule has 0 aliphatic rings. The van der Waals surface area contributed by atoms with E-state index in [0.717, 1.165) is 0 Å². The first-order valence-corrected chi connectivity index (χ1v) is 5.83. The standard InChI is InChI=1S/C13H9ClN2O3/c14-11-8-10(16(18)19)5-4-9(11)7-13(17)12-3-1-2-6-15-12/h1-6,8H,7H2. The van der Waals surface area contributed by atoms with E-state index in [9.17, 15) is 14.9 Å². The number of nitro groups is 1. The number of aromatic nitrogens is 1. The van der Waals surface area contributed by atoms with Gasteiger partial charge in [-0.1, -0.05) is 23.7 Å². The van der Waals surface area contributed by atoms with Crippen molar-refractivity contribution in [2.75, 3.05) is 0 Å². The lowest BCUT2D eigenvalue weighted by molar-refractivity contribution is -0.384. The van der Waals surface area contributed by atoms with Crippen molar-refractivity contribution in [1.29, 1.82) is 0 Å². The minimum Gasteiger partial charge on any atom is -0.292 e. The number of benzene rings is 1. The third-order valence-corrected chi connectivity index (χ3v) is 2.90. The molecule has 0 spiro atoms. The van der Waals surface area contributed by atoms with E-state index in [1.807, 2.05) is 0 Å². The Bertz CT molecular complexity index is 629. The van der Waals surface area contributed by atoms with Crippen molar-refractivity contribution in [2.24, 2.45) is 0 Å². The first kappa shape index (κ1) is 13.2. The van der Waals surface area contributed by atoms with Gasteiger partial charge in [-0.15, -0.1) is 0 Å². The quantitative estimate of drug-likeness (QED) is 0.489. The highest BCUT2D eigenvalue weighted by Crippen LogP contribution is 2.23. The van der Waals surface area contributed by atoms with E-state index in [2.05, 4.69) is 4.98 Å². The number of ketones is 1. The third kappa shape index (κ3) is 3.14. The van der Waals surface area contributed by atoms with Gasteiger partial charge in [-0.2, -0.15) is 0 Å². The van der Waals surface area contributed by atoms with Crippen LogP contribution in [0.25, 0.3) is 0 Å². The molecule has 0 aliphatic heterocycles. The van der Waals surface area contributed by atoms with E-state index in [1.54, 1.807) is 18.2 Å². The van der Waals surface area contributed by atoms with Gasteiger partial charge in [0.05, 0.1) is 9.95 Å². The fourth-order valence-corrected chi connectivity index (χ4v) is 1.83. The number of pyridine rings is 1. The van der Waals surface area contributed by atoms with Gasteiger partial charge in [0.2, 0.25) is 0 Å². The molecule has 5 nitrogen and oxygen atoms in total. The third-order valence-electron chi connectivity index (χ3n) is 2.55. The molecule has 0 aliphatic carbocycles. The molecule has 96 valence electrons. The number of carbonyl (C=O) groups excluding carboxylic acids is 1. The Hall–Kier alpha value is -2.27. The molecule has 1 aromatic carbocycles. The van der Waals surface area contributed by atoms with Crippen molar-refractivity contribution in [3.63, 3.8) is 0 Å². The second-order valence-electron chi connectivity index (χ2n) is 3.85. The second-order valence-corrected chi connectivity index (χ2v) is 4.25. The monoisotopic (exact) mass is 276 g/mol. The molecule has 0 fully saturated rings. The molecule has 0 saturated carbocycles. The highest BCUT2D eigenvalue weighted by molar-refractivity contribution is 6.31. The number of halogens is 1. The Balaban J connectivity index is 2.20. The van der Waals surface area contributed by atoms with Crippen LogP contribution in [0.4, 0.5) is 5.69 Å². The van der Waals surface area contributed by atoms with E-state index in [0.29, 0.717) is 11.3 Å². The van der Waals surface area contributed by atoms with E-state index in [4.69, 9.17) is 11.6 Å². The lowest BCUT2D eigenvalue weighted by Crippen LogP contribution is -2.06. The predicted molar refractivity (Wildman–Crippen MR) is 70.4 cm³/mol. The molecule has 1 aromatic heterocycles. The van der Waals surface area contributed by atoms with Gasteiger partial charge in [-0.3, -0.25) is 19.9 Å². The Labute approximate surface area is 114 Å². The maximum Gasteiger partial charge on any atom is 0.270 e. The molecule has 0 unspecified atom stereocenters. The predicted octanol–water partition coefficient (Wildman–Crippen LogP) is 3.07. The molecule has 19 heavy (non-hydrogen) atoms. The Morgan fingerprint density at radius 2 is 2.11 bits per heavy atom. The number of hydrogen-bond donors (Lipinski definition) is 0. The zero-order valence-corrected chi connectivity index (χ0v) is 10.5. The van der Waals surface area contributed by atoms with Gasteiger partial charge in [-0.25, -0.2) is 0 Å². The van der Waals surface area contributed by atoms with Crippen molar-refractivity contribution in [3.8, 4) is 0 Å². The first-order valence-electron chi connectivity index (χ1n) is 5.45. The number of carbonyl (C=O) groups is 1. The van der Waals surface area contributed by atoms with Crippen molar-refractivity contribution < 1.29 is 9.72 Å². The number of hydrogen-bond acceptors (Lipinski definition) is 4. The highest BCUT2D eigenvalue weighted by atomic mass is 35.5. The summed E-state index contributed by atoms with van der Waals surface area (Å²) in [4.78, 5) is 25.9. The molecule has 2 rings (SSSR count). The summed E-state index contributed by atoms with van der Waals surface area (Å²) in [6.07, 6.45) is 1.60. The van der Waals surface area contributed by atoms with Crippen LogP contribution in [0.15, 0.2) is 42.6 Å². The highest BCUT2D eigenvalue weighted by Gasteiger charge is 2.13. The van der Waals surface area contributed by atoms with Crippen LogP contribution in [0.1, 0.15) is 16.1 Å². The summed E-state index contributed by atoms with van der Waals surface area (Å²) in [5.74, 6) is -0.184. The zero-order valence-electron chi connectivity index (χ0n) is 9.75. The Kier molecular flexibility index (Phi) is 3.87. The van der Waals surface area contributed by atoms with Crippen LogP contribution in [-0.2, 0) is 6.42 Å². The van der Waals surface area contributed by atoms with Gasteiger partial charge >= 0.3 is 0 Å². The summed E-state index contributed by atoms with van der Waals surface area (Å²) in [6.45, 7) is 0. The van der Waals surface area contributed by atoms with E-state index < -0.39 is 4.92 Å². The lowest BCUT2D eigenvalue weighted by atomic mass is 10.1. The minimum atomic E-state index is -0.532. The minimum absolute atomic E-state index is 0.0633. The van der Waals surface area contributed by atoms with E-state index >= 15 is 0 Å². The summed E-state index contributed by atoms with van der Waals surface area (Å²) in [5.41, 5.74) is 0.791. The molecule has 0 atom stereocenters. The Morgan fingerprint density at radius 1 is 1.32 bits per heavy atom. The topological polar surface area (TPSA) is 73.1 Å². The van der Waals surface area contributed by atoms with Crippen LogP contribution in [0, 0.1) is 10.1 Å².